The molecular formula is C12H24BrNO2. The first-order chi connectivity index (χ1) is 7.41. The Morgan fingerprint density at radius 1 is 1.38 bits per heavy atom. The number of carbonyl (C=O) groups is 1. The van der Waals surface area contributed by atoms with E-state index in [-0.39, 0.29) is 24.0 Å². The molecule has 0 aliphatic carbocycles. The standard InChI is InChI=1S/C12H24BrNO2/c1-12(2,3)10(7-9-15)14-11(16)6-4-5-8-13/h10,15H,4-9H2,1-3H3,(H,14,16). The summed E-state index contributed by atoms with van der Waals surface area (Å²) in [6.45, 7) is 6.34. The van der Waals surface area contributed by atoms with Gasteiger partial charge in [0.25, 0.3) is 0 Å². The van der Waals surface area contributed by atoms with Gasteiger partial charge in [-0.15, -0.1) is 0 Å². The molecule has 0 saturated carbocycles. The second kappa shape index (κ2) is 8.07. The van der Waals surface area contributed by atoms with Gasteiger partial charge in [0.2, 0.25) is 5.91 Å². The zero-order chi connectivity index (χ0) is 12.6. The maximum absolute atomic E-state index is 11.6. The Morgan fingerprint density at radius 2 is 2.00 bits per heavy atom. The number of carbonyl (C=O) groups excluding carboxylic acids is 1. The van der Waals surface area contributed by atoms with Crippen LogP contribution in [-0.4, -0.2) is 29.0 Å². The second-order valence-electron chi connectivity index (χ2n) is 5.14. The van der Waals surface area contributed by atoms with E-state index in [0.717, 1.165) is 18.2 Å². The predicted molar refractivity (Wildman–Crippen MR) is 70.7 cm³/mol. The highest BCUT2D eigenvalue weighted by Crippen LogP contribution is 2.21. The number of aliphatic hydroxyl groups is 1. The summed E-state index contributed by atoms with van der Waals surface area (Å²) < 4.78 is 0. The highest BCUT2D eigenvalue weighted by Gasteiger charge is 2.25. The van der Waals surface area contributed by atoms with Crippen LogP contribution >= 0.6 is 15.9 Å². The van der Waals surface area contributed by atoms with Crippen LogP contribution in [0.3, 0.4) is 0 Å². The summed E-state index contributed by atoms with van der Waals surface area (Å²) in [4.78, 5) is 11.6. The number of rotatable bonds is 7. The predicted octanol–water partition coefficient (Wildman–Crippen LogP) is 2.46. The van der Waals surface area contributed by atoms with Gasteiger partial charge in [-0.2, -0.15) is 0 Å². The van der Waals surface area contributed by atoms with E-state index < -0.39 is 0 Å². The molecule has 1 atom stereocenters. The molecule has 1 amide bonds. The van der Waals surface area contributed by atoms with Crippen LogP contribution in [-0.2, 0) is 4.79 Å². The summed E-state index contributed by atoms with van der Waals surface area (Å²) in [6, 6.07) is 0.0500. The van der Waals surface area contributed by atoms with Crippen LogP contribution in [0, 0.1) is 5.41 Å². The molecule has 0 rings (SSSR count). The molecule has 0 fully saturated rings. The number of amides is 1. The summed E-state index contributed by atoms with van der Waals surface area (Å²) in [5.74, 6) is 0.0920. The topological polar surface area (TPSA) is 49.3 Å². The molecule has 0 aromatic carbocycles. The highest BCUT2D eigenvalue weighted by molar-refractivity contribution is 9.09. The summed E-state index contributed by atoms with van der Waals surface area (Å²) >= 11 is 3.34. The number of hydrogen-bond donors (Lipinski definition) is 2. The van der Waals surface area contributed by atoms with Gasteiger partial charge in [-0.05, 0) is 24.7 Å². The highest BCUT2D eigenvalue weighted by atomic mass is 79.9. The normalized spacial score (nSPS) is 13.6. The van der Waals surface area contributed by atoms with Gasteiger partial charge in [0.15, 0.2) is 0 Å². The van der Waals surface area contributed by atoms with E-state index in [9.17, 15) is 4.79 Å². The zero-order valence-corrected chi connectivity index (χ0v) is 12.1. The molecule has 2 N–H and O–H groups in total. The Kier molecular flexibility index (Phi) is 8.02. The van der Waals surface area contributed by atoms with Crippen molar-refractivity contribution in [3.8, 4) is 0 Å². The molecule has 0 aliphatic rings. The van der Waals surface area contributed by atoms with Crippen molar-refractivity contribution >= 4 is 21.8 Å². The van der Waals surface area contributed by atoms with Crippen molar-refractivity contribution in [2.24, 2.45) is 5.41 Å². The fourth-order valence-corrected chi connectivity index (χ4v) is 1.89. The van der Waals surface area contributed by atoms with E-state index in [1.54, 1.807) is 0 Å². The van der Waals surface area contributed by atoms with Crippen molar-refractivity contribution in [2.45, 2.75) is 52.5 Å². The smallest absolute Gasteiger partial charge is 0.220 e. The lowest BCUT2D eigenvalue weighted by Crippen LogP contribution is -2.44. The molecule has 0 aliphatic heterocycles. The fraction of sp³-hybridized carbons (Fsp3) is 0.917. The largest absolute Gasteiger partial charge is 0.396 e. The quantitative estimate of drug-likeness (QED) is 0.560. The van der Waals surface area contributed by atoms with E-state index in [1.807, 2.05) is 0 Å². The van der Waals surface area contributed by atoms with Gasteiger partial charge in [-0.3, -0.25) is 4.79 Å². The fourth-order valence-electron chi connectivity index (χ4n) is 1.50. The van der Waals surface area contributed by atoms with E-state index in [2.05, 4.69) is 42.0 Å². The van der Waals surface area contributed by atoms with Crippen molar-refractivity contribution in [1.29, 1.82) is 0 Å². The third-order valence-corrected chi connectivity index (χ3v) is 3.15. The molecule has 0 aromatic rings. The lowest BCUT2D eigenvalue weighted by molar-refractivity contribution is -0.122. The molecule has 3 nitrogen and oxygen atoms in total. The monoisotopic (exact) mass is 293 g/mol. The number of nitrogens with one attached hydrogen (secondary N) is 1. The van der Waals surface area contributed by atoms with Crippen molar-refractivity contribution < 1.29 is 9.90 Å². The van der Waals surface area contributed by atoms with Crippen molar-refractivity contribution in [1.82, 2.24) is 5.32 Å². The van der Waals surface area contributed by atoms with Crippen LogP contribution in [0.2, 0.25) is 0 Å². The summed E-state index contributed by atoms with van der Waals surface area (Å²) in [6.07, 6.45) is 3.12. The third kappa shape index (κ3) is 7.23. The van der Waals surface area contributed by atoms with E-state index >= 15 is 0 Å². The number of hydrogen-bond acceptors (Lipinski definition) is 2. The second-order valence-corrected chi connectivity index (χ2v) is 5.94. The number of halogens is 1. The summed E-state index contributed by atoms with van der Waals surface area (Å²) in [7, 11) is 0. The molecule has 1 unspecified atom stereocenters. The minimum atomic E-state index is -0.00614. The molecular weight excluding hydrogens is 270 g/mol. The van der Waals surface area contributed by atoms with Crippen LogP contribution < -0.4 is 5.32 Å². The Labute approximate surface area is 107 Å². The van der Waals surface area contributed by atoms with Gasteiger partial charge in [-0.1, -0.05) is 36.7 Å². The number of aliphatic hydroxyl groups excluding tert-OH is 1. The zero-order valence-electron chi connectivity index (χ0n) is 10.6. The molecule has 0 radical (unpaired) electrons. The van der Waals surface area contributed by atoms with Crippen LogP contribution in [0.5, 0.6) is 0 Å². The molecule has 0 heterocycles. The molecule has 0 spiro atoms. The van der Waals surface area contributed by atoms with Gasteiger partial charge in [-0.25, -0.2) is 0 Å². The van der Waals surface area contributed by atoms with E-state index in [0.29, 0.717) is 12.8 Å². The molecule has 0 saturated heterocycles. The third-order valence-electron chi connectivity index (χ3n) is 2.59. The first-order valence-corrected chi connectivity index (χ1v) is 7.00. The van der Waals surface area contributed by atoms with Gasteiger partial charge < -0.3 is 10.4 Å². The molecule has 16 heavy (non-hydrogen) atoms. The average Bonchev–Trinajstić information content (AvgIpc) is 2.16. The van der Waals surface area contributed by atoms with Crippen molar-refractivity contribution in [3.63, 3.8) is 0 Å². The maximum Gasteiger partial charge on any atom is 0.220 e. The van der Waals surface area contributed by atoms with Crippen molar-refractivity contribution in [3.05, 3.63) is 0 Å². The van der Waals surface area contributed by atoms with Gasteiger partial charge in [0, 0.05) is 24.4 Å². The Hall–Kier alpha value is -0.0900. The Bertz CT molecular complexity index is 202. The van der Waals surface area contributed by atoms with Crippen LogP contribution in [0.15, 0.2) is 0 Å². The Balaban J connectivity index is 4.04. The minimum absolute atomic E-state index is 0.00614. The van der Waals surface area contributed by atoms with E-state index in [1.165, 1.54) is 0 Å². The van der Waals surface area contributed by atoms with Crippen molar-refractivity contribution in [2.75, 3.05) is 11.9 Å². The number of alkyl halides is 1. The van der Waals surface area contributed by atoms with Gasteiger partial charge >= 0.3 is 0 Å². The maximum atomic E-state index is 11.6. The first-order valence-electron chi connectivity index (χ1n) is 5.88. The molecule has 96 valence electrons. The minimum Gasteiger partial charge on any atom is -0.396 e. The number of unbranched alkanes of at least 4 members (excludes halogenated alkanes) is 1. The van der Waals surface area contributed by atoms with Crippen LogP contribution in [0.4, 0.5) is 0 Å². The first kappa shape index (κ1) is 15.9. The van der Waals surface area contributed by atoms with E-state index in [4.69, 9.17) is 5.11 Å². The average molecular weight is 294 g/mol. The lowest BCUT2D eigenvalue weighted by Gasteiger charge is -2.31. The van der Waals surface area contributed by atoms with Gasteiger partial charge in [0.1, 0.15) is 0 Å². The van der Waals surface area contributed by atoms with Crippen LogP contribution in [0.25, 0.3) is 0 Å². The SMILES string of the molecule is CC(C)(C)C(CCO)NC(=O)CCCCBr. The van der Waals surface area contributed by atoms with Gasteiger partial charge in [0.05, 0.1) is 0 Å². The molecule has 0 aromatic heterocycles. The summed E-state index contributed by atoms with van der Waals surface area (Å²) in [5, 5.41) is 12.9. The van der Waals surface area contributed by atoms with Crippen LogP contribution in [0.1, 0.15) is 46.5 Å². The summed E-state index contributed by atoms with van der Waals surface area (Å²) in [5.41, 5.74) is -0.00614. The lowest BCUT2D eigenvalue weighted by atomic mass is 9.85. The molecule has 4 heteroatoms. The Morgan fingerprint density at radius 3 is 2.44 bits per heavy atom. The molecule has 0 bridgehead atoms.